The third-order valence-electron chi connectivity index (χ3n) is 6.23. The summed E-state index contributed by atoms with van der Waals surface area (Å²) in [6, 6.07) is 15.5. The average molecular weight is 333 g/mol. The average Bonchev–Trinajstić information content (AvgIpc) is 3.05. The lowest BCUT2D eigenvalue weighted by Gasteiger charge is -2.37. The Kier molecular flexibility index (Phi) is 3.19. The Morgan fingerprint density at radius 3 is 2.68 bits per heavy atom. The van der Waals surface area contributed by atoms with Gasteiger partial charge in [0, 0.05) is 25.2 Å². The molecule has 0 radical (unpaired) electrons. The van der Waals surface area contributed by atoms with Crippen molar-refractivity contribution in [3.8, 4) is 0 Å². The van der Waals surface area contributed by atoms with E-state index in [2.05, 4.69) is 53.9 Å². The lowest BCUT2D eigenvalue weighted by molar-refractivity contribution is 0.167. The van der Waals surface area contributed by atoms with Gasteiger partial charge in [-0.3, -0.25) is 0 Å². The first-order valence-corrected chi connectivity index (χ1v) is 9.13. The fourth-order valence-corrected chi connectivity index (χ4v) is 4.55. The second-order valence-corrected chi connectivity index (χ2v) is 7.86. The van der Waals surface area contributed by atoms with E-state index in [0.717, 1.165) is 19.3 Å². The molecule has 3 aliphatic rings. The number of fused-ring (bicyclic) bond motifs is 1. The normalized spacial score (nSPS) is 30.3. The predicted octanol–water partition coefficient (Wildman–Crippen LogP) is 3.13. The summed E-state index contributed by atoms with van der Waals surface area (Å²) in [6.07, 6.45) is 5.42. The molecule has 2 aliphatic carbocycles. The molecule has 0 bridgehead atoms. The first-order valence-electron chi connectivity index (χ1n) is 9.13. The van der Waals surface area contributed by atoms with Gasteiger partial charge in [-0.2, -0.15) is 0 Å². The summed E-state index contributed by atoms with van der Waals surface area (Å²) in [5.41, 5.74) is 8.82. The van der Waals surface area contributed by atoms with Gasteiger partial charge in [-0.1, -0.05) is 48.5 Å². The third-order valence-corrected chi connectivity index (χ3v) is 6.23. The molecule has 2 fully saturated rings. The number of rotatable bonds is 2. The van der Waals surface area contributed by atoms with Crippen LogP contribution in [-0.2, 0) is 0 Å². The molecule has 2 aromatic rings. The second kappa shape index (κ2) is 5.33. The summed E-state index contributed by atoms with van der Waals surface area (Å²) in [5, 5.41) is 5.67. The van der Waals surface area contributed by atoms with E-state index in [9.17, 15) is 4.79 Å². The van der Waals surface area contributed by atoms with E-state index in [1.165, 1.54) is 21.9 Å². The highest BCUT2D eigenvalue weighted by Gasteiger charge is 2.60. The number of nitrogens with zero attached hydrogens (tertiary/aromatic N) is 1. The van der Waals surface area contributed by atoms with Gasteiger partial charge >= 0.3 is 6.03 Å². The predicted molar refractivity (Wildman–Crippen MR) is 100 cm³/mol. The maximum atomic E-state index is 12.6. The Morgan fingerprint density at radius 1 is 1.12 bits per heavy atom. The highest BCUT2D eigenvalue weighted by Crippen LogP contribution is 2.59. The minimum Gasteiger partial charge on any atom is -0.335 e. The van der Waals surface area contributed by atoms with Crippen molar-refractivity contribution in [3.63, 3.8) is 0 Å². The molecular weight excluding hydrogens is 310 g/mol. The van der Waals surface area contributed by atoms with Crippen molar-refractivity contribution in [3.05, 3.63) is 54.1 Å². The van der Waals surface area contributed by atoms with Crippen molar-refractivity contribution in [2.24, 2.45) is 11.1 Å². The molecule has 0 saturated heterocycles. The van der Waals surface area contributed by atoms with Gasteiger partial charge in [-0.15, -0.1) is 0 Å². The van der Waals surface area contributed by atoms with Gasteiger partial charge in [-0.25, -0.2) is 4.79 Å². The van der Waals surface area contributed by atoms with E-state index < -0.39 is 0 Å². The van der Waals surface area contributed by atoms with Gasteiger partial charge in [0.15, 0.2) is 0 Å². The quantitative estimate of drug-likeness (QED) is 0.887. The van der Waals surface area contributed by atoms with Crippen LogP contribution in [-0.4, -0.2) is 36.1 Å². The Balaban J connectivity index is 1.25. The van der Waals surface area contributed by atoms with Crippen molar-refractivity contribution < 1.29 is 4.79 Å². The maximum absolute atomic E-state index is 12.6. The molecule has 5 rings (SSSR count). The zero-order valence-electron chi connectivity index (χ0n) is 14.2. The first-order chi connectivity index (χ1) is 12.1. The van der Waals surface area contributed by atoms with Crippen LogP contribution in [0.15, 0.2) is 48.5 Å². The Bertz CT molecular complexity index is 876. The van der Waals surface area contributed by atoms with Gasteiger partial charge in [-0.05, 0) is 46.6 Å². The SMILES string of the molecule is NC1CC12CC(NC(=O)N1CC=C(c3cccc4ccccc34)C1)C2. The molecule has 1 aliphatic heterocycles. The molecule has 2 amide bonds. The van der Waals surface area contributed by atoms with Crippen LogP contribution in [0.4, 0.5) is 4.79 Å². The van der Waals surface area contributed by atoms with Gasteiger partial charge in [0.25, 0.3) is 0 Å². The van der Waals surface area contributed by atoms with Crippen LogP contribution in [0.3, 0.4) is 0 Å². The topological polar surface area (TPSA) is 58.4 Å². The smallest absolute Gasteiger partial charge is 0.318 e. The third kappa shape index (κ3) is 2.44. The largest absolute Gasteiger partial charge is 0.335 e. The zero-order chi connectivity index (χ0) is 17.0. The number of carbonyl (C=O) groups is 1. The summed E-state index contributed by atoms with van der Waals surface area (Å²) in [4.78, 5) is 14.4. The van der Waals surface area contributed by atoms with Gasteiger partial charge in [0.1, 0.15) is 0 Å². The van der Waals surface area contributed by atoms with Crippen LogP contribution in [0, 0.1) is 5.41 Å². The van der Waals surface area contributed by atoms with E-state index >= 15 is 0 Å². The molecule has 4 nitrogen and oxygen atoms in total. The number of urea groups is 1. The van der Waals surface area contributed by atoms with Crippen LogP contribution in [0.2, 0.25) is 0 Å². The fraction of sp³-hybridized carbons (Fsp3) is 0.381. The van der Waals surface area contributed by atoms with Crippen LogP contribution in [0.5, 0.6) is 0 Å². The Labute approximate surface area is 147 Å². The molecule has 1 heterocycles. The summed E-state index contributed by atoms with van der Waals surface area (Å²) in [6.45, 7) is 1.36. The number of hydrogen-bond donors (Lipinski definition) is 2. The molecule has 25 heavy (non-hydrogen) atoms. The van der Waals surface area contributed by atoms with Crippen molar-refractivity contribution in [1.82, 2.24) is 10.2 Å². The number of nitrogens with one attached hydrogen (secondary N) is 1. The number of benzene rings is 2. The lowest BCUT2D eigenvalue weighted by atomic mass is 9.76. The molecule has 1 unspecified atom stereocenters. The van der Waals surface area contributed by atoms with Gasteiger partial charge < -0.3 is 16.0 Å². The highest BCUT2D eigenvalue weighted by atomic mass is 16.2. The minimum absolute atomic E-state index is 0.0561. The number of nitrogens with two attached hydrogens (primary N) is 1. The number of amides is 2. The van der Waals surface area contributed by atoms with E-state index in [0.29, 0.717) is 30.6 Å². The molecular formula is C21H23N3O. The van der Waals surface area contributed by atoms with Crippen LogP contribution >= 0.6 is 0 Å². The van der Waals surface area contributed by atoms with Crippen molar-refractivity contribution in [2.45, 2.75) is 31.3 Å². The molecule has 2 saturated carbocycles. The Morgan fingerprint density at radius 2 is 1.88 bits per heavy atom. The highest BCUT2D eigenvalue weighted by molar-refractivity contribution is 5.95. The molecule has 128 valence electrons. The van der Waals surface area contributed by atoms with Crippen LogP contribution in [0.1, 0.15) is 24.8 Å². The molecule has 0 aromatic heterocycles. The second-order valence-electron chi connectivity index (χ2n) is 7.86. The first kappa shape index (κ1) is 15.0. The fourth-order valence-electron chi connectivity index (χ4n) is 4.55. The summed E-state index contributed by atoms with van der Waals surface area (Å²) in [5.74, 6) is 0. The molecule has 4 heteroatoms. The lowest BCUT2D eigenvalue weighted by Crippen LogP contribution is -2.51. The summed E-state index contributed by atoms with van der Waals surface area (Å²) < 4.78 is 0. The standard InChI is InChI=1S/C21H23N3O/c22-19-12-21(19)10-16(11-21)23-20(25)24-9-8-15(13-24)18-7-3-5-14-4-1-2-6-17(14)18/h1-8,16,19H,9-13,22H2,(H,23,25). The van der Waals surface area contributed by atoms with Gasteiger partial charge in [0.2, 0.25) is 0 Å². The summed E-state index contributed by atoms with van der Waals surface area (Å²) >= 11 is 0. The number of hydrogen-bond acceptors (Lipinski definition) is 2. The van der Waals surface area contributed by atoms with Gasteiger partial charge in [0.05, 0.1) is 0 Å². The van der Waals surface area contributed by atoms with Crippen LogP contribution in [0.25, 0.3) is 16.3 Å². The van der Waals surface area contributed by atoms with E-state index in [1.54, 1.807) is 0 Å². The molecule has 1 atom stereocenters. The Hall–Kier alpha value is -2.33. The van der Waals surface area contributed by atoms with Crippen molar-refractivity contribution in [2.75, 3.05) is 13.1 Å². The van der Waals surface area contributed by atoms with E-state index in [4.69, 9.17) is 5.73 Å². The molecule has 2 aromatic carbocycles. The molecule has 3 N–H and O–H groups in total. The maximum Gasteiger partial charge on any atom is 0.318 e. The minimum atomic E-state index is 0.0561. The van der Waals surface area contributed by atoms with E-state index in [1.807, 2.05) is 4.90 Å². The number of carbonyl (C=O) groups excluding carboxylic acids is 1. The van der Waals surface area contributed by atoms with Crippen molar-refractivity contribution in [1.29, 1.82) is 0 Å². The zero-order valence-corrected chi connectivity index (χ0v) is 14.2. The van der Waals surface area contributed by atoms with Crippen molar-refractivity contribution >= 4 is 22.4 Å². The van der Waals surface area contributed by atoms with E-state index in [-0.39, 0.29) is 6.03 Å². The summed E-state index contributed by atoms with van der Waals surface area (Å²) in [7, 11) is 0. The van der Waals surface area contributed by atoms with Crippen LogP contribution < -0.4 is 11.1 Å². The monoisotopic (exact) mass is 333 g/mol. The molecule has 1 spiro atoms.